The monoisotopic (exact) mass is 207 g/mol. The first-order valence-electron chi connectivity index (χ1n) is 4.92. The number of carboxylic acid groups (broad SMARTS) is 1. The van der Waals surface area contributed by atoms with Crippen molar-refractivity contribution in [2.75, 3.05) is 5.32 Å². The van der Waals surface area contributed by atoms with Gasteiger partial charge in [-0.25, -0.2) is 4.79 Å². The lowest BCUT2D eigenvalue weighted by Crippen LogP contribution is -2.27. The van der Waals surface area contributed by atoms with Crippen molar-refractivity contribution >= 4 is 11.7 Å². The highest BCUT2D eigenvalue weighted by atomic mass is 16.4. The Labute approximate surface area is 90.1 Å². The quantitative estimate of drug-likeness (QED) is 0.784. The Bertz CT molecular complexity index is 378. The third-order valence-electron chi connectivity index (χ3n) is 1.92. The Balaban J connectivity index is 3.12. The van der Waals surface area contributed by atoms with Gasteiger partial charge in [-0.15, -0.1) is 0 Å². The fourth-order valence-corrected chi connectivity index (χ4v) is 1.35. The normalized spacial score (nSPS) is 11.2. The molecule has 0 unspecified atom stereocenters. The molecule has 0 fully saturated rings. The first kappa shape index (κ1) is 11.6. The zero-order valence-electron chi connectivity index (χ0n) is 9.59. The van der Waals surface area contributed by atoms with E-state index in [2.05, 4.69) is 5.32 Å². The molecular formula is C12H17NO2. The van der Waals surface area contributed by atoms with Crippen molar-refractivity contribution in [2.24, 2.45) is 0 Å². The molecule has 1 aromatic rings. The Hall–Kier alpha value is -1.51. The summed E-state index contributed by atoms with van der Waals surface area (Å²) in [5.41, 5.74) is 1.80. The van der Waals surface area contributed by atoms with Crippen molar-refractivity contribution in [1.29, 1.82) is 0 Å². The second kappa shape index (κ2) is 3.93. The van der Waals surface area contributed by atoms with E-state index in [4.69, 9.17) is 5.11 Å². The average Bonchev–Trinajstić information content (AvgIpc) is 2.05. The fraction of sp³-hybridized carbons (Fsp3) is 0.417. The van der Waals surface area contributed by atoms with Gasteiger partial charge in [0.25, 0.3) is 0 Å². The van der Waals surface area contributed by atoms with Crippen LogP contribution in [0.5, 0.6) is 0 Å². The van der Waals surface area contributed by atoms with Gasteiger partial charge in [-0.3, -0.25) is 0 Å². The van der Waals surface area contributed by atoms with Gasteiger partial charge in [0.05, 0.1) is 5.56 Å². The topological polar surface area (TPSA) is 49.3 Å². The molecule has 0 saturated carbocycles. The summed E-state index contributed by atoms with van der Waals surface area (Å²) >= 11 is 0. The lowest BCUT2D eigenvalue weighted by atomic mass is 10.0. The van der Waals surface area contributed by atoms with Gasteiger partial charge in [0.15, 0.2) is 0 Å². The molecule has 0 atom stereocenters. The number of hydrogen-bond acceptors (Lipinski definition) is 2. The van der Waals surface area contributed by atoms with Gasteiger partial charge in [-0.1, -0.05) is 11.6 Å². The van der Waals surface area contributed by atoms with Crippen molar-refractivity contribution in [3.63, 3.8) is 0 Å². The predicted octanol–water partition coefficient (Wildman–Crippen LogP) is 2.90. The number of anilines is 1. The van der Waals surface area contributed by atoms with E-state index in [0.29, 0.717) is 11.3 Å². The van der Waals surface area contributed by atoms with E-state index in [0.717, 1.165) is 5.56 Å². The van der Waals surface area contributed by atoms with Crippen molar-refractivity contribution in [2.45, 2.75) is 33.2 Å². The summed E-state index contributed by atoms with van der Waals surface area (Å²) < 4.78 is 0. The number of hydrogen-bond donors (Lipinski definition) is 2. The van der Waals surface area contributed by atoms with E-state index in [1.54, 1.807) is 6.07 Å². The SMILES string of the molecule is Cc1ccc(NC(C)(C)C)c(C(=O)O)c1. The molecule has 1 rings (SSSR count). The number of carbonyl (C=O) groups is 1. The van der Waals surface area contributed by atoms with Gasteiger partial charge in [0, 0.05) is 11.2 Å². The van der Waals surface area contributed by atoms with Crippen LogP contribution in [0.15, 0.2) is 18.2 Å². The van der Waals surface area contributed by atoms with Crippen LogP contribution >= 0.6 is 0 Å². The molecule has 3 nitrogen and oxygen atoms in total. The lowest BCUT2D eigenvalue weighted by Gasteiger charge is -2.23. The summed E-state index contributed by atoms with van der Waals surface area (Å²) in [5.74, 6) is -0.898. The minimum absolute atomic E-state index is 0.139. The van der Waals surface area contributed by atoms with Gasteiger partial charge in [-0.05, 0) is 39.8 Å². The number of aryl methyl sites for hydroxylation is 1. The van der Waals surface area contributed by atoms with Gasteiger partial charge in [0.2, 0.25) is 0 Å². The van der Waals surface area contributed by atoms with Crippen LogP contribution < -0.4 is 5.32 Å². The van der Waals surface area contributed by atoms with E-state index in [-0.39, 0.29) is 5.54 Å². The number of carboxylic acids is 1. The highest BCUT2D eigenvalue weighted by Gasteiger charge is 2.15. The second-order valence-corrected chi connectivity index (χ2v) is 4.73. The van der Waals surface area contributed by atoms with Crippen molar-refractivity contribution < 1.29 is 9.90 Å². The molecule has 0 heterocycles. The largest absolute Gasteiger partial charge is 0.478 e. The summed E-state index contributed by atoms with van der Waals surface area (Å²) in [7, 11) is 0. The Morgan fingerprint density at radius 3 is 2.40 bits per heavy atom. The number of aromatic carboxylic acids is 1. The molecule has 0 aliphatic rings. The molecule has 0 amide bonds. The molecule has 0 aromatic heterocycles. The van der Waals surface area contributed by atoms with Crippen LogP contribution in [0.4, 0.5) is 5.69 Å². The van der Waals surface area contributed by atoms with Gasteiger partial charge in [-0.2, -0.15) is 0 Å². The van der Waals surface area contributed by atoms with Crippen LogP contribution in [-0.2, 0) is 0 Å². The summed E-state index contributed by atoms with van der Waals surface area (Å²) in [6.45, 7) is 7.88. The minimum atomic E-state index is -0.898. The maximum absolute atomic E-state index is 11.0. The summed E-state index contributed by atoms with van der Waals surface area (Å²) in [5, 5.41) is 12.2. The second-order valence-electron chi connectivity index (χ2n) is 4.73. The van der Waals surface area contributed by atoms with Crippen LogP contribution in [0.2, 0.25) is 0 Å². The average molecular weight is 207 g/mol. The summed E-state index contributed by atoms with van der Waals surface area (Å²) in [4.78, 5) is 11.0. The number of nitrogens with one attached hydrogen (secondary N) is 1. The predicted molar refractivity (Wildman–Crippen MR) is 61.5 cm³/mol. The molecular weight excluding hydrogens is 190 g/mol. The molecule has 0 saturated heterocycles. The third-order valence-corrected chi connectivity index (χ3v) is 1.92. The first-order chi connectivity index (χ1) is 6.79. The lowest BCUT2D eigenvalue weighted by molar-refractivity contribution is 0.0698. The standard InChI is InChI=1S/C12H17NO2/c1-8-5-6-10(13-12(2,3)4)9(7-8)11(14)15/h5-7,13H,1-4H3,(H,14,15). The minimum Gasteiger partial charge on any atom is -0.478 e. The zero-order chi connectivity index (χ0) is 11.6. The molecule has 0 aliphatic heterocycles. The first-order valence-corrected chi connectivity index (χ1v) is 4.92. The van der Waals surface area contributed by atoms with E-state index < -0.39 is 5.97 Å². The summed E-state index contributed by atoms with van der Waals surface area (Å²) in [6, 6.07) is 5.39. The smallest absolute Gasteiger partial charge is 0.337 e. The van der Waals surface area contributed by atoms with E-state index in [1.807, 2.05) is 39.8 Å². The van der Waals surface area contributed by atoms with Crippen LogP contribution in [0.1, 0.15) is 36.7 Å². The number of rotatable bonds is 2. The van der Waals surface area contributed by atoms with Crippen molar-refractivity contribution in [3.05, 3.63) is 29.3 Å². The molecule has 1 aromatic carbocycles. The zero-order valence-corrected chi connectivity index (χ0v) is 9.59. The molecule has 2 N–H and O–H groups in total. The molecule has 0 aliphatic carbocycles. The molecule has 82 valence electrons. The van der Waals surface area contributed by atoms with Gasteiger partial charge in [0.1, 0.15) is 0 Å². The highest BCUT2D eigenvalue weighted by molar-refractivity contribution is 5.94. The molecule has 3 heteroatoms. The Kier molecular flexibility index (Phi) is 3.03. The van der Waals surface area contributed by atoms with Crippen molar-refractivity contribution in [3.8, 4) is 0 Å². The van der Waals surface area contributed by atoms with E-state index in [1.165, 1.54) is 0 Å². The summed E-state index contributed by atoms with van der Waals surface area (Å²) in [6.07, 6.45) is 0. The Morgan fingerprint density at radius 1 is 1.33 bits per heavy atom. The van der Waals surface area contributed by atoms with Gasteiger partial charge < -0.3 is 10.4 Å². The van der Waals surface area contributed by atoms with Crippen molar-refractivity contribution in [1.82, 2.24) is 0 Å². The Morgan fingerprint density at radius 2 is 1.93 bits per heavy atom. The molecule has 15 heavy (non-hydrogen) atoms. The van der Waals surface area contributed by atoms with E-state index in [9.17, 15) is 4.79 Å². The third kappa shape index (κ3) is 3.27. The molecule has 0 radical (unpaired) electrons. The molecule has 0 bridgehead atoms. The van der Waals surface area contributed by atoms with Gasteiger partial charge >= 0.3 is 5.97 Å². The molecule has 0 spiro atoms. The van der Waals surface area contributed by atoms with Crippen LogP contribution in [0.3, 0.4) is 0 Å². The fourth-order valence-electron chi connectivity index (χ4n) is 1.35. The maximum Gasteiger partial charge on any atom is 0.337 e. The number of benzene rings is 1. The van der Waals surface area contributed by atoms with Crippen LogP contribution in [0, 0.1) is 6.92 Å². The highest BCUT2D eigenvalue weighted by Crippen LogP contribution is 2.21. The van der Waals surface area contributed by atoms with Crippen LogP contribution in [-0.4, -0.2) is 16.6 Å². The van der Waals surface area contributed by atoms with Crippen LogP contribution in [0.25, 0.3) is 0 Å². The maximum atomic E-state index is 11.0. The van der Waals surface area contributed by atoms with E-state index >= 15 is 0 Å².